The molecule has 21 heavy (non-hydrogen) atoms. The molecular formula is C18H15NO2. The minimum atomic E-state index is -0.911. The highest BCUT2D eigenvalue weighted by molar-refractivity contribution is 6.01. The van der Waals surface area contributed by atoms with Crippen molar-refractivity contribution in [2.75, 3.05) is 0 Å². The Balaban J connectivity index is 2.32. The van der Waals surface area contributed by atoms with Crippen molar-refractivity contribution >= 4 is 5.97 Å². The van der Waals surface area contributed by atoms with Crippen LogP contribution in [-0.2, 0) is 7.05 Å². The van der Waals surface area contributed by atoms with Gasteiger partial charge < -0.3 is 9.67 Å². The minimum absolute atomic E-state index is 0.322. The van der Waals surface area contributed by atoms with Crippen molar-refractivity contribution < 1.29 is 9.90 Å². The fourth-order valence-electron chi connectivity index (χ4n) is 2.63. The molecule has 1 aromatic heterocycles. The summed E-state index contributed by atoms with van der Waals surface area (Å²) in [5.74, 6) is -0.911. The van der Waals surface area contributed by atoms with E-state index >= 15 is 0 Å². The van der Waals surface area contributed by atoms with Gasteiger partial charge in [0.05, 0.1) is 11.3 Å². The topological polar surface area (TPSA) is 42.2 Å². The van der Waals surface area contributed by atoms with Crippen LogP contribution < -0.4 is 0 Å². The number of rotatable bonds is 3. The number of hydrogen-bond donors (Lipinski definition) is 1. The number of aryl methyl sites for hydroxylation is 1. The van der Waals surface area contributed by atoms with E-state index in [-0.39, 0.29) is 0 Å². The third-order valence-electron chi connectivity index (χ3n) is 3.52. The first kappa shape index (κ1) is 13.2. The molecule has 0 saturated carbocycles. The van der Waals surface area contributed by atoms with E-state index in [1.54, 1.807) is 6.20 Å². The fraction of sp³-hybridized carbons (Fsp3) is 0.0556. The molecule has 1 N–H and O–H groups in total. The van der Waals surface area contributed by atoms with Crippen LogP contribution in [0.1, 0.15) is 10.4 Å². The standard InChI is InChI=1S/C18H15NO2/c1-19-12-15(18(20)21)16(13-8-4-2-5-9-13)17(19)14-10-6-3-7-11-14/h2-12H,1H3,(H,20,21). The van der Waals surface area contributed by atoms with Crippen molar-refractivity contribution in [1.82, 2.24) is 4.57 Å². The Kier molecular flexibility index (Phi) is 3.32. The highest BCUT2D eigenvalue weighted by Crippen LogP contribution is 2.36. The van der Waals surface area contributed by atoms with Gasteiger partial charge in [-0.15, -0.1) is 0 Å². The third-order valence-corrected chi connectivity index (χ3v) is 3.52. The van der Waals surface area contributed by atoms with Crippen LogP contribution in [0.5, 0.6) is 0 Å². The molecule has 2 aromatic carbocycles. The van der Waals surface area contributed by atoms with E-state index in [1.165, 1.54) is 0 Å². The summed E-state index contributed by atoms with van der Waals surface area (Å²) in [6, 6.07) is 19.5. The predicted molar refractivity (Wildman–Crippen MR) is 83.2 cm³/mol. The largest absolute Gasteiger partial charge is 0.478 e. The van der Waals surface area contributed by atoms with E-state index in [4.69, 9.17) is 0 Å². The number of carboxylic acid groups (broad SMARTS) is 1. The van der Waals surface area contributed by atoms with Gasteiger partial charge in [0.1, 0.15) is 0 Å². The van der Waals surface area contributed by atoms with Crippen LogP contribution in [0, 0.1) is 0 Å². The first-order valence-corrected chi connectivity index (χ1v) is 6.72. The predicted octanol–water partition coefficient (Wildman–Crippen LogP) is 4.06. The second-order valence-electron chi connectivity index (χ2n) is 4.91. The average Bonchev–Trinajstić information content (AvgIpc) is 2.87. The van der Waals surface area contributed by atoms with Crippen molar-refractivity contribution in [3.05, 3.63) is 72.4 Å². The van der Waals surface area contributed by atoms with Crippen molar-refractivity contribution in [2.24, 2.45) is 7.05 Å². The zero-order valence-corrected chi connectivity index (χ0v) is 11.7. The number of benzene rings is 2. The third kappa shape index (κ3) is 2.34. The Labute approximate surface area is 123 Å². The van der Waals surface area contributed by atoms with E-state index < -0.39 is 5.97 Å². The van der Waals surface area contributed by atoms with E-state index in [1.807, 2.05) is 72.3 Å². The van der Waals surface area contributed by atoms with Gasteiger partial charge in [0.15, 0.2) is 0 Å². The summed E-state index contributed by atoms with van der Waals surface area (Å²) in [6.45, 7) is 0. The average molecular weight is 277 g/mol. The lowest BCUT2D eigenvalue weighted by molar-refractivity contribution is 0.0697. The Morgan fingerprint density at radius 3 is 1.95 bits per heavy atom. The summed E-state index contributed by atoms with van der Waals surface area (Å²) < 4.78 is 1.88. The maximum atomic E-state index is 11.6. The molecule has 0 radical (unpaired) electrons. The number of aromatic carboxylic acids is 1. The van der Waals surface area contributed by atoms with Crippen LogP contribution in [0.3, 0.4) is 0 Å². The zero-order chi connectivity index (χ0) is 14.8. The van der Waals surface area contributed by atoms with E-state index in [0.717, 1.165) is 22.4 Å². The summed E-state index contributed by atoms with van der Waals surface area (Å²) in [5.41, 5.74) is 3.92. The maximum absolute atomic E-state index is 11.6. The van der Waals surface area contributed by atoms with Gasteiger partial charge in [0, 0.05) is 18.8 Å². The molecule has 0 unspecified atom stereocenters. The molecule has 3 aromatic rings. The van der Waals surface area contributed by atoms with Crippen LogP contribution in [0.25, 0.3) is 22.4 Å². The minimum Gasteiger partial charge on any atom is -0.478 e. The first-order chi connectivity index (χ1) is 10.2. The van der Waals surface area contributed by atoms with Gasteiger partial charge in [0.2, 0.25) is 0 Å². The molecule has 0 aliphatic rings. The number of carbonyl (C=O) groups is 1. The Bertz CT molecular complexity index is 774. The number of aromatic nitrogens is 1. The second kappa shape index (κ2) is 5.29. The van der Waals surface area contributed by atoms with Crippen molar-refractivity contribution in [1.29, 1.82) is 0 Å². The smallest absolute Gasteiger partial charge is 0.337 e. The van der Waals surface area contributed by atoms with E-state index in [0.29, 0.717) is 5.56 Å². The Hall–Kier alpha value is -2.81. The van der Waals surface area contributed by atoms with Gasteiger partial charge in [-0.25, -0.2) is 4.79 Å². The summed E-state index contributed by atoms with van der Waals surface area (Å²) in [4.78, 5) is 11.6. The molecule has 104 valence electrons. The van der Waals surface area contributed by atoms with Crippen molar-refractivity contribution in [2.45, 2.75) is 0 Å². The Morgan fingerprint density at radius 1 is 0.905 bits per heavy atom. The SMILES string of the molecule is Cn1cc(C(=O)O)c(-c2ccccc2)c1-c1ccccc1. The summed E-state index contributed by atoms with van der Waals surface area (Å²) in [6.07, 6.45) is 1.67. The molecule has 3 nitrogen and oxygen atoms in total. The normalized spacial score (nSPS) is 10.5. The fourth-order valence-corrected chi connectivity index (χ4v) is 2.63. The highest BCUT2D eigenvalue weighted by Gasteiger charge is 2.21. The molecule has 0 aliphatic heterocycles. The second-order valence-corrected chi connectivity index (χ2v) is 4.91. The van der Waals surface area contributed by atoms with Crippen LogP contribution >= 0.6 is 0 Å². The van der Waals surface area contributed by atoms with Gasteiger partial charge in [0.25, 0.3) is 0 Å². The lowest BCUT2D eigenvalue weighted by Crippen LogP contribution is -1.96. The van der Waals surface area contributed by atoms with Crippen LogP contribution in [0.2, 0.25) is 0 Å². The monoisotopic (exact) mass is 277 g/mol. The molecule has 0 bridgehead atoms. The van der Waals surface area contributed by atoms with Crippen LogP contribution in [-0.4, -0.2) is 15.6 Å². The molecule has 3 heteroatoms. The number of carboxylic acids is 1. The molecule has 1 heterocycles. The van der Waals surface area contributed by atoms with E-state index in [2.05, 4.69) is 0 Å². The zero-order valence-electron chi connectivity index (χ0n) is 11.7. The quantitative estimate of drug-likeness (QED) is 0.784. The van der Waals surface area contributed by atoms with Gasteiger partial charge >= 0.3 is 5.97 Å². The van der Waals surface area contributed by atoms with Crippen LogP contribution in [0.4, 0.5) is 0 Å². The van der Waals surface area contributed by atoms with Gasteiger partial charge in [-0.3, -0.25) is 0 Å². The lowest BCUT2D eigenvalue weighted by atomic mass is 9.98. The van der Waals surface area contributed by atoms with Crippen LogP contribution in [0.15, 0.2) is 66.9 Å². The summed E-state index contributed by atoms with van der Waals surface area (Å²) in [5, 5.41) is 9.50. The molecule has 0 saturated heterocycles. The number of nitrogens with zero attached hydrogens (tertiary/aromatic N) is 1. The maximum Gasteiger partial charge on any atom is 0.337 e. The number of hydrogen-bond acceptors (Lipinski definition) is 1. The molecule has 0 amide bonds. The molecule has 0 aliphatic carbocycles. The Morgan fingerprint density at radius 2 is 1.43 bits per heavy atom. The lowest BCUT2D eigenvalue weighted by Gasteiger charge is -2.09. The molecule has 3 rings (SSSR count). The molecular weight excluding hydrogens is 262 g/mol. The molecule has 0 atom stereocenters. The summed E-state index contributed by atoms with van der Waals surface area (Å²) >= 11 is 0. The van der Waals surface area contributed by atoms with Gasteiger partial charge in [-0.05, 0) is 11.1 Å². The molecule has 0 fully saturated rings. The first-order valence-electron chi connectivity index (χ1n) is 6.72. The van der Waals surface area contributed by atoms with Gasteiger partial charge in [-0.1, -0.05) is 60.7 Å². The van der Waals surface area contributed by atoms with E-state index in [9.17, 15) is 9.90 Å². The van der Waals surface area contributed by atoms with Crippen molar-refractivity contribution in [3.63, 3.8) is 0 Å². The summed E-state index contributed by atoms with van der Waals surface area (Å²) in [7, 11) is 1.88. The molecule has 0 spiro atoms. The highest BCUT2D eigenvalue weighted by atomic mass is 16.4. The van der Waals surface area contributed by atoms with Crippen molar-refractivity contribution in [3.8, 4) is 22.4 Å². The van der Waals surface area contributed by atoms with Gasteiger partial charge in [-0.2, -0.15) is 0 Å².